The van der Waals surface area contributed by atoms with Gasteiger partial charge in [0.25, 0.3) is 0 Å². The number of nitrogens with zero attached hydrogens (tertiary/aromatic N) is 2. The van der Waals surface area contributed by atoms with Gasteiger partial charge in [0.15, 0.2) is 5.69 Å². The first-order valence-electron chi connectivity index (χ1n) is 7.49. The van der Waals surface area contributed by atoms with Crippen molar-refractivity contribution in [2.45, 2.75) is 6.18 Å². The van der Waals surface area contributed by atoms with E-state index in [0.29, 0.717) is 9.70 Å². The normalized spacial score (nSPS) is 11.3. The molecule has 0 saturated heterocycles. The summed E-state index contributed by atoms with van der Waals surface area (Å²) < 4.78 is 54.1. The zero-order chi connectivity index (χ0) is 19.6. The highest BCUT2D eigenvalue weighted by atomic mass is 35.5. The van der Waals surface area contributed by atoms with Crippen LogP contribution in [0.25, 0.3) is 5.69 Å². The van der Waals surface area contributed by atoms with Gasteiger partial charge in [-0.15, -0.1) is 0 Å². The van der Waals surface area contributed by atoms with E-state index in [9.17, 15) is 22.4 Å². The molecule has 3 aromatic rings. The maximum absolute atomic E-state index is 13.5. The lowest BCUT2D eigenvalue weighted by Gasteiger charge is -2.13. The molecule has 10 heteroatoms. The van der Waals surface area contributed by atoms with Crippen LogP contribution in [0.3, 0.4) is 0 Å². The van der Waals surface area contributed by atoms with Crippen molar-refractivity contribution >= 4 is 29.0 Å². The van der Waals surface area contributed by atoms with Crippen LogP contribution in [0.4, 0.5) is 33.7 Å². The number of amides is 2. The van der Waals surface area contributed by atoms with Crippen LogP contribution >= 0.6 is 11.6 Å². The summed E-state index contributed by atoms with van der Waals surface area (Å²) in [5.41, 5.74) is -1.34. The summed E-state index contributed by atoms with van der Waals surface area (Å²) in [7, 11) is 0. The molecule has 27 heavy (non-hydrogen) atoms. The zero-order valence-electron chi connectivity index (χ0n) is 13.4. The Morgan fingerprint density at radius 1 is 1.00 bits per heavy atom. The quantitative estimate of drug-likeness (QED) is 0.586. The van der Waals surface area contributed by atoms with E-state index >= 15 is 0 Å². The van der Waals surface area contributed by atoms with Gasteiger partial charge < -0.3 is 10.6 Å². The minimum absolute atomic E-state index is 0.124. The molecule has 1 heterocycles. The molecule has 0 saturated carbocycles. The molecule has 2 N–H and O–H groups in total. The number of urea groups is 1. The van der Waals surface area contributed by atoms with Gasteiger partial charge in [0, 0.05) is 10.7 Å². The molecule has 0 aliphatic carbocycles. The number of nitrogens with one attached hydrogen (secondary N) is 2. The van der Waals surface area contributed by atoms with Gasteiger partial charge in [0.1, 0.15) is 5.82 Å². The third kappa shape index (κ3) is 4.37. The Kier molecular flexibility index (Phi) is 5.04. The zero-order valence-corrected chi connectivity index (χ0v) is 14.1. The fourth-order valence-electron chi connectivity index (χ4n) is 2.31. The molecule has 3 rings (SSSR count). The fourth-order valence-corrected chi connectivity index (χ4v) is 2.43. The first-order chi connectivity index (χ1) is 12.7. The van der Waals surface area contributed by atoms with E-state index in [1.54, 1.807) is 0 Å². The van der Waals surface area contributed by atoms with E-state index in [0.717, 1.165) is 18.3 Å². The second kappa shape index (κ2) is 7.28. The smallest absolute Gasteiger partial charge is 0.308 e. The van der Waals surface area contributed by atoms with Crippen molar-refractivity contribution in [3.05, 3.63) is 71.3 Å². The topological polar surface area (TPSA) is 59.0 Å². The molecule has 0 aliphatic rings. The highest BCUT2D eigenvalue weighted by Gasteiger charge is 2.39. The minimum atomic E-state index is -4.78. The number of rotatable bonds is 3. The molecular weight excluding hydrogens is 388 g/mol. The van der Waals surface area contributed by atoms with Crippen LogP contribution in [0.5, 0.6) is 0 Å². The molecule has 0 radical (unpaired) electrons. The summed E-state index contributed by atoms with van der Waals surface area (Å²) in [6, 6.07) is 9.42. The van der Waals surface area contributed by atoms with Gasteiger partial charge in [-0.2, -0.15) is 18.3 Å². The number of aromatic nitrogens is 2. The third-order valence-electron chi connectivity index (χ3n) is 3.46. The molecule has 2 amide bonds. The summed E-state index contributed by atoms with van der Waals surface area (Å²) in [5.74, 6) is -0.510. The molecule has 0 atom stereocenters. The van der Waals surface area contributed by atoms with E-state index in [1.165, 1.54) is 36.4 Å². The number of anilines is 2. The predicted octanol–water partition coefficient (Wildman–Crippen LogP) is 5.33. The van der Waals surface area contributed by atoms with Crippen LogP contribution in [0, 0.1) is 5.82 Å². The van der Waals surface area contributed by atoms with Crippen LogP contribution in [0.15, 0.2) is 54.7 Å². The van der Waals surface area contributed by atoms with Crippen molar-refractivity contribution in [3.8, 4) is 5.69 Å². The van der Waals surface area contributed by atoms with Crippen molar-refractivity contribution in [1.29, 1.82) is 0 Å². The van der Waals surface area contributed by atoms with Crippen LogP contribution < -0.4 is 10.6 Å². The summed E-state index contributed by atoms with van der Waals surface area (Å²) in [4.78, 5) is 12.0. The third-order valence-corrected chi connectivity index (χ3v) is 3.71. The molecule has 0 fully saturated rings. The van der Waals surface area contributed by atoms with E-state index in [1.807, 2.05) is 0 Å². The van der Waals surface area contributed by atoms with E-state index in [2.05, 4.69) is 15.7 Å². The summed E-state index contributed by atoms with van der Waals surface area (Å²) in [5, 5.41) is 8.50. The lowest BCUT2D eigenvalue weighted by molar-refractivity contribution is -0.142. The number of alkyl halides is 3. The number of carbonyl (C=O) groups is 1. The van der Waals surface area contributed by atoms with Gasteiger partial charge in [0.2, 0.25) is 0 Å². The van der Waals surface area contributed by atoms with Crippen molar-refractivity contribution in [2.75, 3.05) is 10.6 Å². The molecule has 0 bridgehead atoms. The second-order valence-corrected chi connectivity index (χ2v) is 5.82. The predicted molar refractivity (Wildman–Crippen MR) is 92.6 cm³/mol. The Balaban J connectivity index is 1.88. The van der Waals surface area contributed by atoms with Crippen molar-refractivity contribution in [3.63, 3.8) is 0 Å². The van der Waals surface area contributed by atoms with Crippen LogP contribution in [0.2, 0.25) is 5.02 Å². The average molecular weight is 399 g/mol. The van der Waals surface area contributed by atoms with Gasteiger partial charge in [-0.25, -0.2) is 13.9 Å². The molecular formula is C17H11ClF4N4O. The van der Waals surface area contributed by atoms with Crippen LogP contribution in [-0.2, 0) is 6.18 Å². The van der Waals surface area contributed by atoms with Crippen molar-refractivity contribution in [1.82, 2.24) is 9.78 Å². The van der Waals surface area contributed by atoms with Gasteiger partial charge >= 0.3 is 12.2 Å². The SMILES string of the molecule is O=C(Nc1ccc(F)cc1)Nc1cnn(-c2ccc(Cl)cc2)c1C(F)(F)F. The molecule has 0 aliphatic heterocycles. The molecule has 5 nitrogen and oxygen atoms in total. The molecule has 2 aromatic carbocycles. The monoisotopic (exact) mass is 398 g/mol. The number of carbonyl (C=O) groups excluding carboxylic acids is 1. The van der Waals surface area contributed by atoms with E-state index in [-0.39, 0.29) is 11.4 Å². The number of hydrogen-bond acceptors (Lipinski definition) is 2. The highest BCUT2D eigenvalue weighted by Crippen LogP contribution is 2.36. The summed E-state index contributed by atoms with van der Waals surface area (Å²) >= 11 is 5.75. The molecule has 1 aromatic heterocycles. The molecule has 0 spiro atoms. The Labute approximate surface area is 155 Å². The Morgan fingerprint density at radius 3 is 2.22 bits per heavy atom. The van der Waals surface area contributed by atoms with Gasteiger partial charge in [0.05, 0.1) is 17.6 Å². The number of hydrogen-bond donors (Lipinski definition) is 2. The summed E-state index contributed by atoms with van der Waals surface area (Å²) in [6.45, 7) is 0. The Bertz CT molecular complexity index is 953. The van der Waals surface area contributed by atoms with Crippen LogP contribution in [0.1, 0.15) is 5.69 Å². The maximum atomic E-state index is 13.5. The standard InChI is InChI=1S/C17H11ClF4N4O/c18-10-1-7-13(8-2-10)26-15(17(20,21)22)14(9-23-26)25-16(27)24-12-5-3-11(19)4-6-12/h1-9H,(H2,24,25,27). The van der Waals surface area contributed by atoms with Gasteiger partial charge in [-0.05, 0) is 48.5 Å². The largest absolute Gasteiger partial charge is 0.435 e. The van der Waals surface area contributed by atoms with E-state index < -0.39 is 29.4 Å². The lowest BCUT2D eigenvalue weighted by atomic mass is 10.3. The van der Waals surface area contributed by atoms with Gasteiger partial charge in [-0.1, -0.05) is 11.6 Å². The second-order valence-electron chi connectivity index (χ2n) is 5.38. The maximum Gasteiger partial charge on any atom is 0.435 e. The average Bonchev–Trinajstić information content (AvgIpc) is 3.01. The molecule has 0 unspecified atom stereocenters. The number of benzene rings is 2. The fraction of sp³-hybridized carbons (Fsp3) is 0.0588. The first-order valence-corrected chi connectivity index (χ1v) is 7.86. The van der Waals surface area contributed by atoms with Gasteiger partial charge in [-0.3, -0.25) is 0 Å². The summed E-state index contributed by atoms with van der Waals surface area (Å²) in [6.07, 6.45) is -3.89. The van der Waals surface area contributed by atoms with Crippen LogP contribution in [-0.4, -0.2) is 15.8 Å². The Morgan fingerprint density at radius 2 is 1.63 bits per heavy atom. The van der Waals surface area contributed by atoms with Crippen molar-refractivity contribution < 1.29 is 22.4 Å². The Hall–Kier alpha value is -3.07. The minimum Gasteiger partial charge on any atom is -0.308 e. The van der Waals surface area contributed by atoms with E-state index in [4.69, 9.17) is 11.6 Å². The molecule has 140 valence electrons. The van der Waals surface area contributed by atoms with Crippen molar-refractivity contribution in [2.24, 2.45) is 0 Å². The highest BCUT2D eigenvalue weighted by molar-refractivity contribution is 6.30. The lowest BCUT2D eigenvalue weighted by Crippen LogP contribution is -2.22. The first kappa shape index (κ1) is 18.7. The number of halogens is 5.